The molecule has 4 rings (SSSR count). The molecule has 0 unspecified atom stereocenters. The van der Waals surface area contributed by atoms with Gasteiger partial charge in [0.05, 0.1) is 5.39 Å². The van der Waals surface area contributed by atoms with Gasteiger partial charge in [0, 0.05) is 15.8 Å². The molecule has 0 bridgehead atoms. The molecule has 1 aromatic heterocycles. The summed E-state index contributed by atoms with van der Waals surface area (Å²) in [6.07, 6.45) is -4.88. The average Bonchev–Trinajstić information content (AvgIpc) is 3.10. The van der Waals surface area contributed by atoms with Crippen molar-refractivity contribution in [1.82, 2.24) is 5.16 Å². The number of benzene rings is 3. The molecule has 4 aromatic rings. The van der Waals surface area contributed by atoms with Crippen LogP contribution >= 0.6 is 15.9 Å². The Kier molecular flexibility index (Phi) is 5.66. The molecule has 1 heterocycles. The molecule has 0 aliphatic carbocycles. The van der Waals surface area contributed by atoms with Crippen molar-refractivity contribution in [3.8, 4) is 16.9 Å². The van der Waals surface area contributed by atoms with Crippen molar-refractivity contribution in [1.29, 1.82) is 0 Å². The van der Waals surface area contributed by atoms with Crippen molar-refractivity contribution >= 4 is 50.1 Å². The molecule has 0 atom stereocenters. The molecule has 0 spiro atoms. The Bertz CT molecular complexity index is 1290. The first-order chi connectivity index (χ1) is 15.2. The fourth-order valence-electron chi connectivity index (χ4n) is 3.09. The number of nitrogen functional groups attached to an aromatic ring is 1. The van der Waals surface area contributed by atoms with E-state index in [0.717, 1.165) is 10.5 Å². The van der Waals surface area contributed by atoms with Crippen molar-refractivity contribution < 1.29 is 27.2 Å². The van der Waals surface area contributed by atoms with Gasteiger partial charge in [0.25, 0.3) is 0 Å². The number of nitrogens with zero attached hydrogens (tertiary/aromatic N) is 1. The van der Waals surface area contributed by atoms with Crippen molar-refractivity contribution in [3.63, 3.8) is 0 Å². The molecule has 0 radical (unpaired) electrons. The predicted molar refractivity (Wildman–Crippen MR) is 117 cm³/mol. The summed E-state index contributed by atoms with van der Waals surface area (Å²) in [6.45, 7) is 0. The van der Waals surface area contributed by atoms with Gasteiger partial charge in [-0.05, 0) is 53.6 Å². The van der Waals surface area contributed by atoms with E-state index in [9.17, 15) is 18.0 Å². The number of hydrogen-bond donors (Lipinski definition) is 3. The summed E-state index contributed by atoms with van der Waals surface area (Å²) in [5.74, 6) is -0.655. The summed E-state index contributed by atoms with van der Waals surface area (Å²) in [5, 5.41) is 9.20. The van der Waals surface area contributed by atoms with E-state index in [1.54, 1.807) is 42.5 Å². The van der Waals surface area contributed by atoms with Crippen LogP contribution in [0, 0.1) is 0 Å². The first-order valence-electron chi connectivity index (χ1n) is 9.07. The molecule has 164 valence electrons. The van der Waals surface area contributed by atoms with Gasteiger partial charge in [0.2, 0.25) is 5.88 Å². The molecule has 3 aromatic carbocycles. The maximum atomic E-state index is 12.7. The van der Waals surface area contributed by atoms with Crippen LogP contribution in [0.3, 0.4) is 0 Å². The zero-order chi connectivity index (χ0) is 22.9. The number of urea groups is 1. The number of rotatable bonds is 4. The molecule has 0 aliphatic heterocycles. The number of halogens is 4. The predicted octanol–water partition coefficient (Wildman–Crippen LogP) is 6.38. The molecular weight excluding hydrogens is 493 g/mol. The van der Waals surface area contributed by atoms with Crippen LogP contribution in [0.1, 0.15) is 0 Å². The van der Waals surface area contributed by atoms with Gasteiger partial charge in [-0.25, -0.2) is 4.79 Å². The SMILES string of the molecule is Nc1onc2c(OC(F)(F)F)ccc(-c3ccc(NC(=O)Nc4cccc(Br)c4)cc3)c12. The summed E-state index contributed by atoms with van der Waals surface area (Å²) < 4.78 is 47.7. The van der Waals surface area contributed by atoms with Gasteiger partial charge in [-0.3, -0.25) is 0 Å². The highest BCUT2D eigenvalue weighted by Gasteiger charge is 2.33. The number of carbonyl (C=O) groups is 1. The number of amides is 2. The zero-order valence-electron chi connectivity index (χ0n) is 16.0. The molecule has 4 N–H and O–H groups in total. The molecule has 11 heteroatoms. The Balaban J connectivity index is 1.56. The lowest BCUT2D eigenvalue weighted by Gasteiger charge is -2.11. The third-order valence-corrected chi connectivity index (χ3v) is 4.88. The highest BCUT2D eigenvalue weighted by Crippen LogP contribution is 2.39. The number of alkyl halides is 3. The summed E-state index contributed by atoms with van der Waals surface area (Å²) in [4.78, 5) is 12.2. The van der Waals surface area contributed by atoms with Crippen LogP contribution < -0.4 is 21.1 Å². The maximum absolute atomic E-state index is 12.7. The molecule has 2 amide bonds. The number of hydrogen-bond acceptors (Lipinski definition) is 5. The van der Waals surface area contributed by atoms with E-state index >= 15 is 0 Å². The second-order valence-electron chi connectivity index (χ2n) is 6.60. The van der Waals surface area contributed by atoms with E-state index in [2.05, 4.69) is 36.5 Å². The normalized spacial score (nSPS) is 11.4. The number of nitrogens with one attached hydrogen (secondary N) is 2. The Morgan fingerprint density at radius 1 is 1.03 bits per heavy atom. The van der Waals surface area contributed by atoms with Gasteiger partial charge >= 0.3 is 12.4 Å². The summed E-state index contributed by atoms with van der Waals surface area (Å²) in [6, 6.07) is 15.9. The highest BCUT2D eigenvalue weighted by molar-refractivity contribution is 9.10. The van der Waals surface area contributed by atoms with Gasteiger partial charge < -0.3 is 25.6 Å². The first-order valence-corrected chi connectivity index (χ1v) is 9.86. The van der Waals surface area contributed by atoms with Crippen molar-refractivity contribution in [2.75, 3.05) is 16.4 Å². The van der Waals surface area contributed by atoms with E-state index in [0.29, 0.717) is 22.5 Å². The topological polar surface area (TPSA) is 102 Å². The number of aromatic nitrogens is 1. The number of carbonyl (C=O) groups excluding carboxylic acids is 1. The van der Waals surface area contributed by atoms with E-state index in [4.69, 9.17) is 10.3 Å². The Morgan fingerprint density at radius 2 is 1.75 bits per heavy atom. The lowest BCUT2D eigenvalue weighted by Crippen LogP contribution is -2.19. The second-order valence-corrected chi connectivity index (χ2v) is 7.51. The fourth-order valence-corrected chi connectivity index (χ4v) is 3.49. The standard InChI is InChI=1S/C21H14BrF3N4O3/c22-12-2-1-3-14(10-12)28-20(30)27-13-6-4-11(5-7-13)15-8-9-16(31-21(23,24)25)18-17(15)19(26)32-29-18/h1-10H,26H2,(H2,27,28,30). The number of fused-ring (bicyclic) bond motifs is 1. The van der Waals surface area contributed by atoms with Crippen LogP contribution in [0.4, 0.5) is 35.2 Å². The van der Waals surface area contributed by atoms with Crippen molar-refractivity contribution in [2.45, 2.75) is 6.36 Å². The van der Waals surface area contributed by atoms with Crippen LogP contribution in [0.5, 0.6) is 5.75 Å². The molecular formula is C21H14BrF3N4O3. The average molecular weight is 507 g/mol. The lowest BCUT2D eigenvalue weighted by atomic mass is 10.0. The summed E-state index contributed by atoms with van der Waals surface area (Å²) >= 11 is 3.33. The number of nitrogens with two attached hydrogens (primary N) is 1. The van der Waals surface area contributed by atoms with Crippen molar-refractivity contribution in [3.05, 3.63) is 65.1 Å². The number of ether oxygens (including phenoxy) is 1. The lowest BCUT2D eigenvalue weighted by molar-refractivity contribution is -0.274. The molecule has 0 saturated carbocycles. The van der Waals surface area contributed by atoms with E-state index < -0.39 is 18.1 Å². The molecule has 32 heavy (non-hydrogen) atoms. The van der Waals surface area contributed by atoms with Crippen LogP contribution in [-0.4, -0.2) is 17.6 Å². The monoisotopic (exact) mass is 506 g/mol. The maximum Gasteiger partial charge on any atom is 0.573 e. The van der Waals surface area contributed by atoms with Crippen LogP contribution in [0.25, 0.3) is 22.0 Å². The number of anilines is 3. The third kappa shape index (κ3) is 4.78. The van der Waals surface area contributed by atoms with Gasteiger partial charge in [0.15, 0.2) is 11.3 Å². The molecule has 0 aliphatic rings. The van der Waals surface area contributed by atoms with Gasteiger partial charge in [-0.15, -0.1) is 13.2 Å². The minimum absolute atomic E-state index is 0.141. The van der Waals surface area contributed by atoms with Crippen LogP contribution in [-0.2, 0) is 0 Å². The Hall–Kier alpha value is -3.73. The Morgan fingerprint density at radius 3 is 2.44 bits per heavy atom. The molecule has 0 saturated heterocycles. The van der Waals surface area contributed by atoms with Crippen molar-refractivity contribution in [2.24, 2.45) is 0 Å². The second kappa shape index (κ2) is 8.42. The van der Waals surface area contributed by atoms with E-state index in [1.807, 2.05) is 6.07 Å². The largest absolute Gasteiger partial charge is 0.573 e. The third-order valence-electron chi connectivity index (χ3n) is 4.38. The van der Waals surface area contributed by atoms with Gasteiger partial charge in [0.1, 0.15) is 0 Å². The quantitative estimate of drug-likeness (QED) is 0.298. The van der Waals surface area contributed by atoms with Crippen LogP contribution in [0.15, 0.2) is 69.7 Å². The van der Waals surface area contributed by atoms with Gasteiger partial charge in [-0.1, -0.05) is 39.3 Å². The minimum atomic E-state index is -4.88. The minimum Gasteiger partial charge on any atom is -0.403 e. The Labute approximate surface area is 187 Å². The smallest absolute Gasteiger partial charge is 0.403 e. The van der Waals surface area contributed by atoms with E-state index in [-0.39, 0.29) is 16.8 Å². The summed E-state index contributed by atoms with van der Waals surface area (Å²) in [7, 11) is 0. The highest BCUT2D eigenvalue weighted by atomic mass is 79.9. The zero-order valence-corrected chi connectivity index (χ0v) is 17.6. The fraction of sp³-hybridized carbons (Fsp3) is 0.0476. The summed E-state index contributed by atoms with van der Waals surface area (Å²) in [5.41, 5.74) is 7.89. The van der Waals surface area contributed by atoms with Gasteiger partial charge in [-0.2, -0.15) is 0 Å². The van der Waals surface area contributed by atoms with Crippen LogP contribution in [0.2, 0.25) is 0 Å². The molecule has 0 fully saturated rings. The first kappa shape index (κ1) is 21.5. The molecule has 7 nitrogen and oxygen atoms in total. The van der Waals surface area contributed by atoms with E-state index in [1.165, 1.54) is 6.07 Å².